The summed E-state index contributed by atoms with van der Waals surface area (Å²) in [5.74, 6) is 0.453. The van der Waals surface area contributed by atoms with Crippen LogP contribution in [0.5, 0.6) is 0 Å². The van der Waals surface area contributed by atoms with Gasteiger partial charge in [0.2, 0.25) is 5.95 Å². The number of fused-ring (bicyclic) bond motifs is 1. The quantitative estimate of drug-likeness (QED) is 0.224. The number of H-pyrrole nitrogens is 1. The number of hydrogen-bond acceptors (Lipinski definition) is 5. The van der Waals surface area contributed by atoms with E-state index in [1.165, 1.54) is 36.7 Å². The average Bonchev–Trinajstić information content (AvgIpc) is 3.15. The Labute approximate surface area is 195 Å². The molecule has 0 atom stereocenters. The van der Waals surface area contributed by atoms with E-state index in [2.05, 4.69) is 43.3 Å². The molecule has 0 bridgehead atoms. The summed E-state index contributed by atoms with van der Waals surface area (Å²) in [6.07, 6.45) is 8.18. The Hall–Kier alpha value is -2.68. The van der Waals surface area contributed by atoms with Crippen LogP contribution in [0.25, 0.3) is 11.2 Å². The van der Waals surface area contributed by atoms with Crippen LogP contribution in [0.1, 0.15) is 64.4 Å². The van der Waals surface area contributed by atoms with E-state index < -0.39 is 11.2 Å². The van der Waals surface area contributed by atoms with Crippen molar-refractivity contribution < 1.29 is 0 Å². The second-order valence-corrected chi connectivity index (χ2v) is 8.93. The molecule has 0 spiro atoms. The van der Waals surface area contributed by atoms with Gasteiger partial charge in [-0.15, -0.1) is 0 Å². The van der Waals surface area contributed by atoms with E-state index in [-0.39, 0.29) is 0 Å². The van der Waals surface area contributed by atoms with Crippen molar-refractivity contribution in [2.24, 2.45) is 12.1 Å². The molecule has 1 aromatic carbocycles. The molecule has 0 saturated carbocycles. The molecule has 172 valence electrons. The van der Waals surface area contributed by atoms with Gasteiger partial charge in [-0.2, -0.15) is 10.1 Å². The number of nitrogens with one attached hydrogen (secondary N) is 2. The number of hydrogen-bond donors (Lipinski definition) is 2. The van der Waals surface area contributed by atoms with Gasteiger partial charge in [-0.25, -0.2) is 10.2 Å². The molecule has 0 aliphatic carbocycles. The molecule has 0 aliphatic rings. The van der Waals surface area contributed by atoms with E-state index in [0.717, 1.165) is 28.6 Å². The van der Waals surface area contributed by atoms with Crippen LogP contribution in [-0.4, -0.2) is 24.8 Å². The maximum Gasteiger partial charge on any atom is 0.329 e. The molecule has 0 amide bonds. The number of hydrazone groups is 1. The van der Waals surface area contributed by atoms with Gasteiger partial charge in [0.05, 0.1) is 5.71 Å². The van der Waals surface area contributed by atoms with Crippen molar-refractivity contribution in [2.45, 2.75) is 65.3 Å². The molecule has 0 unspecified atom stereocenters. The van der Waals surface area contributed by atoms with Crippen molar-refractivity contribution in [1.82, 2.24) is 19.1 Å². The van der Waals surface area contributed by atoms with Crippen molar-refractivity contribution in [3.63, 3.8) is 0 Å². The third-order valence-corrected chi connectivity index (χ3v) is 6.11. The number of anilines is 1. The number of unbranched alkanes of at least 4 members (excludes halogenated alkanes) is 6. The summed E-state index contributed by atoms with van der Waals surface area (Å²) < 4.78 is 4.19. The average molecular weight is 503 g/mol. The van der Waals surface area contributed by atoms with E-state index in [1.54, 1.807) is 7.05 Å². The number of aromatic nitrogens is 4. The number of halogens is 1. The lowest BCUT2D eigenvalue weighted by molar-refractivity contribution is 0.556. The molecule has 0 saturated heterocycles. The van der Waals surface area contributed by atoms with E-state index in [4.69, 9.17) is 0 Å². The van der Waals surface area contributed by atoms with Gasteiger partial charge < -0.3 is 4.57 Å². The Balaban J connectivity index is 1.84. The minimum atomic E-state index is -0.482. The Morgan fingerprint density at radius 1 is 1.09 bits per heavy atom. The number of nitrogens with zero attached hydrogens (tertiary/aromatic N) is 4. The molecule has 2 heterocycles. The fraction of sp³-hybridized carbons (Fsp3) is 0.478. The van der Waals surface area contributed by atoms with Gasteiger partial charge in [0, 0.05) is 18.1 Å². The van der Waals surface area contributed by atoms with E-state index >= 15 is 0 Å². The van der Waals surface area contributed by atoms with Gasteiger partial charge in [-0.3, -0.25) is 14.3 Å². The standard InChI is InChI=1S/C23H31BrN6O2/c1-4-5-6-7-8-9-10-15-30-19-20(29(3)23(32)26-21(19)31)25-22(30)28-27-16(2)17-11-13-18(24)14-12-17/h11-14H,4-10,15H2,1-3H3,(H,25,28)(H,26,31,32)/b27-16+. The Kier molecular flexibility index (Phi) is 8.44. The van der Waals surface area contributed by atoms with Gasteiger partial charge in [0.15, 0.2) is 11.2 Å². The van der Waals surface area contributed by atoms with Crippen molar-refractivity contribution in [1.29, 1.82) is 0 Å². The van der Waals surface area contributed by atoms with Crippen LogP contribution in [0.2, 0.25) is 0 Å². The lowest BCUT2D eigenvalue weighted by Gasteiger charge is -2.09. The smallest absolute Gasteiger partial charge is 0.303 e. The topological polar surface area (TPSA) is 97.1 Å². The van der Waals surface area contributed by atoms with Crippen molar-refractivity contribution in [3.05, 3.63) is 55.1 Å². The molecule has 8 nitrogen and oxygen atoms in total. The minimum absolute atomic E-state index is 0.348. The van der Waals surface area contributed by atoms with Gasteiger partial charge in [0.25, 0.3) is 5.56 Å². The highest BCUT2D eigenvalue weighted by molar-refractivity contribution is 9.10. The normalized spacial score (nSPS) is 11.9. The van der Waals surface area contributed by atoms with Gasteiger partial charge in [-0.1, -0.05) is 73.5 Å². The van der Waals surface area contributed by atoms with Crippen LogP contribution in [0.15, 0.2) is 43.4 Å². The van der Waals surface area contributed by atoms with Crippen LogP contribution >= 0.6 is 15.9 Å². The highest BCUT2D eigenvalue weighted by atomic mass is 79.9. The monoisotopic (exact) mass is 502 g/mol. The summed E-state index contributed by atoms with van der Waals surface area (Å²) in [6, 6.07) is 7.86. The van der Waals surface area contributed by atoms with Crippen molar-refractivity contribution >= 4 is 38.8 Å². The maximum absolute atomic E-state index is 12.6. The molecule has 9 heteroatoms. The van der Waals surface area contributed by atoms with Gasteiger partial charge >= 0.3 is 5.69 Å². The molecule has 2 aromatic heterocycles. The first-order valence-electron chi connectivity index (χ1n) is 11.2. The van der Waals surface area contributed by atoms with E-state index in [0.29, 0.717) is 23.7 Å². The summed E-state index contributed by atoms with van der Waals surface area (Å²) in [6.45, 7) is 4.74. The lowest BCUT2D eigenvalue weighted by Crippen LogP contribution is -2.29. The molecule has 0 aliphatic heterocycles. The molecule has 32 heavy (non-hydrogen) atoms. The molecule has 2 N–H and O–H groups in total. The van der Waals surface area contributed by atoms with Crippen LogP contribution in [-0.2, 0) is 13.6 Å². The summed E-state index contributed by atoms with van der Waals surface area (Å²) in [5, 5.41) is 4.48. The van der Waals surface area contributed by atoms with Crippen molar-refractivity contribution in [3.8, 4) is 0 Å². The van der Waals surface area contributed by atoms with Gasteiger partial charge in [-0.05, 0) is 31.0 Å². The molecule has 0 radical (unpaired) electrons. The predicted molar refractivity (Wildman–Crippen MR) is 134 cm³/mol. The first kappa shape index (κ1) is 24.0. The summed E-state index contributed by atoms with van der Waals surface area (Å²) in [7, 11) is 1.60. The molecule has 3 aromatic rings. The summed E-state index contributed by atoms with van der Waals surface area (Å²) >= 11 is 3.44. The molecular formula is C23H31BrN6O2. The minimum Gasteiger partial charge on any atom is -0.303 e. The first-order valence-corrected chi connectivity index (χ1v) is 12.0. The SMILES string of the molecule is CCCCCCCCCn1c(N/N=C(\C)c2ccc(Br)cc2)nc2c1c(=O)[nH]c(=O)n2C. The highest BCUT2D eigenvalue weighted by Gasteiger charge is 2.17. The van der Waals surface area contributed by atoms with Crippen LogP contribution < -0.4 is 16.7 Å². The zero-order valence-corrected chi connectivity index (χ0v) is 20.5. The van der Waals surface area contributed by atoms with Crippen LogP contribution in [0.4, 0.5) is 5.95 Å². The second-order valence-electron chi connectivity index (χ2n) is 8.01. The largest absolute Gasteiger partial charge is 0.329 e. The number of imidazole rings is 1. The lowest BCUT2D eigenvalue weighted by atomic mass is 10.1. The number of benzene rings is 1. The first-order chi connectivity index (χ1) is 15.4. The third kappa shape index (κ3) is 5.76. The molecule has 0 fully saturated rings. The number of aromatic amines is 1. The Morgan fingerprint density at radius 2 is 1.75 bits per heavy atom. The fourth-order valence-electron chi connectivity index (χ4n) is 3.65. The number of aryl methyl sites for hydroxylation is 2. The number of rotatable bonds is 11. The van der Waals surface area contributed by atoms with Crippen molar-refractivity contribution in [2.75, 3.05) is 5.43 Å². The molecule has 3 rings (SSSR count). The highest BCUT2D eigenvalue weighted by Crippen LogP contribution is 2.18. The Morgan fingerprint density at radius 3 is 2.44 bits per heavy atom. The third-order valence-electron chi connectivity index (χ3n) is 5.58. The van der Waals surface area contributed by atoms with E-state index in [9.17, 15) is 9.59 Å². The van der Waals surface area contributed by atoms with Crippen LogP contribution in [0.3, 0.4) is 0 Å². The zero-order valence-electron chi connectivity index (χ0n) is 18.9. The van der Waals surface area contributed by atoms with E-state index in [1.807, 2.05) is 35.8 Å². The van der Waals surface area contributed by atoms with Crippen LogP contribution in [0, 0.1) is 0 Å². The maximum atomic E-state index is 12.6. The molecular weight excluding hydrogens is 472 g/mol. The van der Waals surface area contributed by atoms with Gasteiger partial charge in [0.1, 0.15) is 0 Å². The summed E-state index contributed by atoms with van der Waals surface area (Å²) in [5.41, 5.74) is 4.60. The fourth-order valence-corrected chi connectivity index (χ4v) is 3.92. The Bertz CT molecular complexity index is 1190. The zero-order chi connectivity index (χ0) is 23.1. The predicted octanol–water partition coefficient (Wildman–Crippen LogP) is 4.77. The second kappa shape index (κ2) is 11.3. The summed E-state index contributed by atoms with van der Waals surface area (Å²) in [4.78, 5) is 31.5.